The minimum atomic E-state index is -0.771. The summed E-state index contributed by atoms with van der Waals surface area (Å²) in [6.07, 6.45) is 1.56. The number of ether oxygens (including phenoxy) is 3. The van der Waals surface area contributed by atoms with Crippen LogP contribution in [0.2, 0.25) is 0 Å². The fourth-order valence-corrected chi connectivity index (χ4v) is 3.82. The number of carbonyl (C=O) groups excluding carboxylic acids is 1. The number of halogens is 1. The van der Waals surface area contributed by atoms with Crippen molar-refractivity contribution < 1.29 is 33.6 Å². The van der Waals surface area contributed by atoms with Crippen LogP contribution in [-0.4, -0.2) is 42.1 Å². The fourth-order valence-electron chi connectivity index (χ4n) is 2.79. The summed E-state index contributed by atoms with van der Waals surface area (Å²) >= 11 is 0.986. The number of aliphatic hydroxyl groups is 1. The van der Waals surface area contributed by atoms with Gasteiger partial charge in [0.1, 0.15) is 27.9 Å². The van der Waals surface area contributed by atoms with Gasteiger partial charge in [-0.2, -0.15) is 0 Å². The van der Waals surface area contributed by atoms with Gasteiger partial charge in [0.05, 0.1) is 25.7 Å². The predicted octanol–water partition coefficient (Wildman–Crippen LogP) is 4.74. The van der Waals surface area contributed by atoms with E-state index in [9.17, 15) is 19.4 Å². The molecule has 0 fully saturated rings. The van der Waals surface area contributed by atoms with Crippen LogP contribution in [0.5, 0.6) is 17.2 Å². The summed E-state index contributed by atoms with van der Waals surface area (Å²) in [5.74, 6) is -1.51. The maximum absolute atomic E-state index is 14.1. The molecule has 2 aromatic rings. The van der Waals surface area contributed by atoms with Crippen LogP contribution in [0.1, 0.15) is 12.5 Å². The average Bonchev–Trinajstić information content (AvgIpc) is 3.05. The van der Waals surface area contributed by atoms with Crippen molar-refractivity contribution >= 4 is 34.5 Å². The molecular weight excluding hydrogens is 425 g/mol. The van der Waals surface area contributed by atoms with Crippen LogP contribution in [0.25, 0.3) is 6.08 Å². The molecule has 7 nitrogen and oxygen atoms in total. The molecule has 9 heteroatoms. The van der Waals surface area contributed by atoms with Crippen LogP contribution in [0, 0.1) is 5.82 Å². The number of phenolic OH excluding ortho intramolecular Hbond substituents is 1. The number of para-hydroxylation sites is 1. The molecule has 0 aliphatic carbocycles. The monoisotopic (exact) mass is 445 g/mol. The van der Waals surface area contributed by atoms with Crippen molar-refractivity contribution in [1.82, 2.24) is 0 Å². The van der Waals surface area contributed by atoms with Gasteiger partial charge in [-0.15, -0.1) is 0 Å². The Morgan fingerprint density at radius 3 is 2.39 bits per heavy atom. The first-order chi connectivity index (χ1) is 14.9. The summed E-state index contributed by atoms with van der Waals surface area (Å²) in [6, 6.07) is 8.92. The van der Waals surface area contributed by atoms with Gasteiger partial charge in [0, 0.05) is 0 Å². The van der Waals surface area contributed by atoms with Gasteiger partial charge in [-0.1, -0.05) is 23.9 Å². The normalized spacial score (nSPS) is 16.1. The number of aliphatic imine (C=N–C) groups is 1. The lowest BCUT2D eigenvalue weighted by atomic mass is 10.1. The Morgan fingerprint density at radius 1 is 1.16 bits per heavy atom. The van der Waals surface area contributed by atoms with E-state index in [1.807, 2.05) is 0 Å². The lowest BCUT2D eigenvalue weighted by molar-refractivity contribution is -0.138. The van der Waals surface area contributed by atoms with E-state index in [2.05, 4.69) is 4.99 Å². The third-order valence-corrected chi connectivity index (χ3v) is 5.26. The van der Waals surface area contributed by atoms with Crippen LogP contribution >= 0.6 is 11.8 Å². The van der Waals surface area contributed by atoms with E-state index in [0.29, 0.717) is 5.56 Å². The number of hydrogen-bond donors (Lipinski definition) is 2. The van der Waals surface area contributed by atoms with Crippen LogP contribution < -0.4 is 9.47 Å². The van der Waals surface area contributed by atoms with Crippen molar-refractivity contribution in [2.24, 2.45) is 4.99 Å². The number of methoxy groups -OCH3 is 2. The first-order valence-corrected chi connectivity index (χ1v) is 10.00. The number of aliphatic hydroxyl groups excluding tert-OH is 1. The quantitative estimate of drug-likeness (QED) is 0.620. The van der Waals surface area contributed by atoms with Gasteiger partial charge in [0.2, 0.25) is 5.75 Å². The number of aromatic hydroxyl groups is 1. The third-order valence-electron chi connectivity index (χ3n) is 4.24. The summed E-state index contributed by atoms with van der Waals surface area (Å²) < 4.78 is 29.4. The molecule has 1 heterocycles. The molecule has 0 radical (unpaired) electrons. The number of benzene rings is 2. The maximum Gasteiger partial charge on any atom is 0.344 e. The van der Waals surface area contributed by atoms with E-state index in [1.165, 1.54) is 44.6 Å². The maximum atomic E-state index is 14.1. The zero-order chi connectivity index (χ0) is 22.5. The molecule has 162 valence electrons. The van der Waals surface area contributed by atoms with Crippen molar-refractivity contribution in [2.45, 2.75) is 6.92 Å². The molecule has 1 aliphatic heterocycles. The highest BCUT2D eigenvalue weighted by atomic mass is 32.2. The van der Waals surface area contributed by atoms with Crippen molar-refractivity contribution in [1.29, 1.82) is 0 Å². The Balaban J connectivity index is 2.10. The van der Waals surface area contributed by atoms with E-state index in [-0.39, 0.29) is 50.8 Å². The number of nitrogens with zero attached hydrogens (tertiary/aromatic N) is 1. The minimum absolute atomic E-state index is 0.0221. The second-order valence-electron chi connectivity index (χ2n) is 6.20. The predicted molar refractivity (Wildman–Crippen MR) is 117 cm³/mol. The second kappa shape index (κ2) is 9.57. The van der Waals surface area contributed by atoms with Crippen molar-refractivity contribution in [3.8, 4) is 17.2 Å². The molecular formula is C22H20FNO6S. The fraction of sp³-hybridized carbons (Fsp3) is 0.182. The zero-order valence-corrected chi connectivity index (χ0v) is 17.8. The topological polar surface area (TPSA) is 97.6 Å². The average molecular weight is 445 g/mol. The molecule has 31 heavy (non-hydrogen) atoms. The zero-order valence-electron chi connectivity index (χ0n) is 17.0. The van der Waals surface area contributed by atoms with Crippen molar-refractivity contribution in [3.63, 3.8) is 0 Å². The number of thioether (sulfide) groups is 1. The highest BCUT2D eigenvalue weighted by Crippen LogP contribution is 2.42. The Kier molecular flexibility index (Phi) is 6.86. The molecule has 2 aromatic carbocycles. The molecule has 0 saturated heterocycles. The highest BCUT2D eigenvalue weighted by molar-refractivity contribution is 8.18. The van der Waals surface area contributed by atoms with E-state index >= 15 is 0 Å². The number of esters is 1. The van der Waals surface area contributed by atoms with Crippen LogP contribution in [0.4, 0.5) is 10.1 Å². The summed E-state index contributed by atoms with van der Waals surface area (Å²) in [5.41, 5.74) is 0.392. The summed E-state index contributed by atoms with van der Waals surface area (Å²) in [4.78, 5) is 17.0. The molecule has 0 amide bonds. The Bertz CT molecular complexity index is 1080. The molecule has 0 atom stereocenters. The SMILES string of the molecule is CCOC(=O)C1=C(O)/C(=C\c2cc(OC)c(O)c(OC)c2)SC1=Nc1ccccc1F. The lowest BCUT2D eigenvalue weighted by Crippen LogP contribution is -2.12. The molecule has 0 bridgehead atoms. The Morgan fingerprint density at radius 2 is 1.81 bits per heavy atom. The Labute approximate surface area is 182 Å². The molecule has 3 rings (SSSR count). The molecule has 0 unspecified atom stereocenters. The number of rotatable bonds is 6. The van der Waals surface area contributed by atoms with Gasteiger partial charge in [-0.05, 0) is 42.8 Å². The molecule has 0 saturated carbocycles. The second-order valence-corrected chi connectivity index (χ2v) is 7.23. The van der Waals surface area contributed by atoms with E-state index in [0.717, 1.165) is 11.8 Å². The molecule has 1 aliphatic rings. The largest absolute Gasteiger partial charge is 0.506 e. The van der Waals surface area contributed by atoms with Gasteiger partial charge in [-0.25, -0.2) is 14.2 Å². The molecule has 0 spiro atoms. The van der Waals surface area contributed by atoms with E-state index in [4.69, 9.17) is 14.2 Å². The standard InChI is InChI=1S/C22H20FNO6S/c1-4-30-22(27)18-20(26)17(31-21(18)24-14-8-6-5-7-13(14)23)11-12-9-15(28-2)19(25)16(10-12)29-3/h5-11,25-26H,4H2,1-3H3/b17-11+,24-21?. The van der Waals surface area contributed by atoms with Gasteiger partial charge < -0.3 is 24.4 Å². The third kappa shape index (κ3) is 4.66. The summed E-state index contributed by atoms with van der Waals surface area (Å²) in [6.45, 7) is 1.73. The number of phenols is 1. The van der Waals surface area contributed by atoms with E-state index < -0.39 is 11.8 Å². The van der Waals surface area contributed by atoms with Crippen LogP contribution in [0.3, 0.4) is 0 Å². The van der Waals surface area contributed by atoms with Gasteiger partial charge in [0.25, 0.3) is 0 Å². The molecule has 0 aromatic heterocycles. The van der Waals surface area contributed by atoms with Gasteiger partial charge in [0.15, 0.2) is 11.5 Å². The number of hydrogen-bond acceptors (Lipinski definition) is 8. The van der Waals surface area contributed by atoms with Gasteiger partial charge >= 0.3 is 5.97 Å². The van der Waals surface area contributed by atoms with Crippen molar-refractivity contribution in [2.75, 3.05) is 20.8 Å². The minimum Gasteiger partial charge on any atom is -0.506 e. The lowest BCUT2D eigenvalue weighted by Gasteiger charge is -2.10. The molecule has 2 N–H and O–H groups in total. The van der Waals surface area contributed by atoms with E-state index in [1.54, 1.807) is 19.1 Å². The smallest absolute Gasteiger partial charge is 0.344 e. The first kappa shape index (κ1) is 22.2. The Hall–Kier alpha value is -3.46. The summed E-state index contributed by atoms with van der Waals surface area (Å²) in [5, 5.41) is 20.9. The van der Waals surface area contributed by atoms with Crippen molar-refractivity contribution in [3.05, 3.63) is 64.0 Å². The first-order valence-electron chi connectivity index (χ1n) is 9.18. The van der Waals surface area contributed by atoms with Crippen LogP contribution in [-0.2, 0) is 9.53 Å². The van der Waals surface area contributed by atoms with Gasteiger partial charge in [-0.3, -0.25) is 0 Å². The number of carbonyl (C=O) groups is 1. The van der Waals surface area contributed by atoms with Crippen LogP contribution in [0.15, 0.2) is 57.6 Å². The summed E-state index contributed by atoms with van der Waals surface area (Å²) in [7, 11) is 2.79. The highest BCUT2D eigenvalue weighted by Gasteiger charge is 2.33.